The van der Waals surface area contributed by atoms with E-state index in [-0.39, 0.29) is 0 Å². The maximum atomic E-state index is 4.67. The van der Waals surface area contributed by atoms with Gasteiger partial charge in [0.2, 0.25) is 0 Å². The molecule has 0 aliphatic rings. The maximum Gasteiger partial charge on any atom is 0.158 e. The molecule has 0 bridgehead atoms. The molecule has 0 aliphatic carbocycles. The number of thiazole rings is 1. The predicted octanol–water partition coefficient (Wildman–Crippen LogP) is 4.35. The standard InChI is InChI=1S/C16H11N3S/c1-2-6-11(7-3-1)16-19-14(10-20-16)15-17-12-8-4-5-9-13(12)18-15/h1-10H,(H,17,18). The SMILES string of the molecule is c1ccc(-c2nc(-c3nc4ccccc4[nH]3)cs2)cc1. The number of imidazole rings is 1. The van der Waals surface area contributed by atoms with E-state index in [0.29, 0.717) is 0 Å². The Hall–Kier alpha value is -2.46. The number of hydrogen-bond donors (Lipinski definition) is 1. The minimum Gasteiger partial charge on any atom is -0.337 e. The molecule has 2 aromatic heterocycles. The molecule has 0 aliphatic heterocycles. The summed E-state index contributed by atoms with van der Waals surface area (Å²) in [6.07, 6.45) is 0. The lowest BCUT2D eigenvalue weighted by Gasteiger charge is -1.93. The summed E-state index contributed by atoms with van der Waals surface area (Å²) in [4.78, 5) is 12.6. The van der Waals surface area contributed by atoms with Crippen LogP contribution < -0.4 is 0 Å². The lowest BCUT2D eigenvalue weighted by Crippen LogP contribution is -1.81. The summed E-state index contributed by atoms with van der Waals surface area (Å²) < 4.78 is 0. The van der Waals surface area contributed by atoms with Crippen LogP contribution in [0.4, 0.5) is 0 Å². The van der Waals surface area contributed by atoms with Gasteiger partial charge in [-0.3, -0.25) is 0 Å². The zero-order chi connectivity index (χ0) is 13.4. The Bertz CT molecular complexity index is 828. The first-order valence-electron chi connectivity index (χ1n) is 6.36. The monoisotopic (exact) mass is 277 g/mol. The van der Waals surface area contributed by atoms with Crippen LogP contribution >= 0.6 is 11.3 Å². The predicted molar refractivity (Wildman–Crippen MR) is 82.6 cm³/mol. The van der Waals surface area contributed by atoms with Gasteiger partial charge in [0.25, 0.3) is 0 Å². The molecule has 0 saturated carbocycles. The van der Waals surface area contributed by atoms with Gasteiger partial charge in [-0.2, -0.15) is 0 Å². The van der Waals surface area contributed by atoms with E-state index in [4.69, 9.17) is 0 Å². The van der Waals surface area contributed by atoms with Crippen LogP contribution in [0.2, 0.25) is 0 Å². The number of para-hydroxylation sites is 2. The molecule has 3 nitrogen and oxygen atoms in total. The molecule has 0 atom stereocenters. The quantitative estimate of drug-likeness (QED) is 0.591. The summed E-state index contributed by atoms with van der Waals surface area (Å²) in [7, 11) is 0. The Kier molecular flexibility index (Phi) is 2.60. The van der Waals surface area contributed by atoms with E-state index < -0.39 is 0 Å². The molecule has 2 aromatic carbocycles. The van der Waals surface area contributed by atoms with Crippen molar-refractivity contribution in [2.45, 2.75) is 0 Å². The van der Waals surface area contributed by atoms with Crippen LogP contribution in [0.3, 0.4) is 0 Å². The number of nitrogens with zero attached hydrogens (tertiary/aromatic N) is 2. The third-order valence-corrected chi connectivity index (χ3v) is 4.05. The molecule has 0 fully saturated rings. The van der Waals surface area contributed by atoms with Crippen molar-refractivity contribution in [1.29, 1.82) is 0 Å². The highest BCUT2D eigenvalue weighted by molar-refractivity contribution is 7.13. The van der Waals surface area contributed by atoms with Gasteiger partial charge in [0, 0.05) is 10.9 Å². The van der Waals surface area contributed by atoms with Gasteiger partial charge >= 0.3 is 0 Å². The van der Waals surface area contributed by atoms with Crippen molar-refractivity contribution < 1.29 is 0 Å². The van der Waals surface area contributed by atoms with Crippen LogP contribution in [0.1, 0.15) is 0 Å². The lowest BCUT2D eigenvalue weighted by atomic mass is 10.2. The molecule has 4 aromatic rings. The Morgan fingerprint density at radius 2 is 1.65 bits per heavy atom. The summed E-state index contributed by atoms with van der Waals surface area (Å²) in [5, 5.41) is 3.06. The van der Waals surface area contributed by atoms with Crippen molar-refractivity contribution in [1.82, 2.24) is 15.0 Å². The molecule has 0 spiro atoms. The second kappa shape index (κ2) is 4.58. The van der Waals surface area contributed by atoms with Crippen LogP contribution in [0, 0.1) is 0 Å². The van der Waals surface area contributed by atoms with Gasteiger partial charge in [-0.15, -0.1) is 11.3 Å². The van der Waals surface area contributed by atoms with Crippen LogP contribution in [0.25, 0.3) is 33.1 Å². The highest BCUT2D eigenvalue weighted by Crippen LogP contribution is 2.28. The normalized spacial score (nSPS) is 11.0. The van der Waals surface area contributed by atoms with Gasteiger partial charge in [-0.1, -0.05) is 42.5 Å². The van der Waals surface area contributed by atoms with Gasteiger partial charge in [-0.25, -0.2) is 9.97 Å². The summed E-state index contributed by atoms with van der Waals surface area (Å²) in [6.45, 7) is 0. The topological polar surface area (TPSA) is 41.6 Å². The number of aromatic amines is 1. The van der Waals surface area contributed by atoms with E-state index in [1.54, 1.807) is 11.3 Å². The second-order valence-corrected chi connectivity index (χ2v) is 5.36. The molecule has 2 heterocycles. The van der Waals surface area contributed by atoms with Crippen LogP contribution in [0.15, 0.2) is 60.0 Å². The summed E-state index contributed by atoms with van der Waals surface area (Å²) in [5.74, 6) is 0.824. The summed E-state index contributed by atoms with van der Waals surface area (Å²) >= 11 is 1.64. The first-order valence-corrected chi connectivity index (χ1v) is 7.24. The highest BCUT2D eigenvalue weighted by atomic mass is 32.1. The Labute approximate surface area is 120 Å². The number of rotatable bonds is 2. The summed E-state index contributed by atoms with van der Waals surface area (Å²) in [6, 6.07) is 18.2. The third-order valence-electron chi connectivity index (χ3n) is 3.16. The van der Waals surface area contributed by atoms with E-state index in [0.717, 1.165) is 33.1 Å². The molecular formula is C16H11N3S. The Morgan fingerprint density at radius 1 is 0.850 bits per heavy atom. The molecule has 1 N–H and O–H groups in total. The van der Waals surface area contributed by atoms with Crippen molar-refractivity contribution in [2.24, 2.45) is 0 Å². The molecule has 96 valence electrons. The van der Waals surface area contributed by atoms with Crippen molar-refractivity contribution in [3.8, 4) is 22.1 Å². The molecule has 0 unspecified atom stereocenters. The minimum absolute atomic E-state index is 0.824. The first kappa shape index (κ1) is 11.4. The van der Waals surface area contributed by atoms with Gasteiger partial charge in [0.1, 0.15) is 10.7 Å². The third kappa shape index (κ3) is 1.90. The van der Waals surface area contributed by atoms with E-state index in [9.17, 15) is 0 Å². The smallest absolute Gasteiger partial charge is 0.158 e. The van der Waals surface area contributed by atoms with Crippen molar-refractivity contribution in [3.05, 3.63) is 60.0 Å². The van der Waals surface area contributed by atoms with Gasteiger partial charge < -0.3 is 4.98 Å². The number of benzene rings is 2. The minimum atomic E-state index is 0.824. The average molecular weight is 277 g/mol. The van der Waals surface area contributed by atoms with Crippen molar-refractivity contribution >= 4 is 22.4 Å². The maximum absolute atomic E-state index is 4.67. The fourth-order valence-electron chi connectivity index (χ4n) is 2.17. The second-order valence-electron chi connectivity index (χ2n) is 4.51. The molecule has 4 rings (SSSR count). The number of aromatic nitrogens is 3. The first-order chi connectivity index (χ1) is 9.90. The highest BCUT2D eigenvalue weighted by Gasteiger charge is 2.10. The van der Waals surface area contributed by atoms with E-state index in [1.807, 2.05) is 47.8 Å². The lowest BCUT2D eigenvalue weighted by molar-refractivity contribution is 1.27. The number of hydrogen-bond acceptors (Lipinski definition) is 3. The Balaban J connectivity index is 1.78. The number of nitrogens with one attached hydrogen (secondary N) is 1. The average Bonchev–Trinajstić information content (AvgIpc) is 3.14. The fourth-order valence-corrected chi connectivity index (χ4v) is 2.98. The van der Waals surface area contributed by atoms with E-state index in [2.05, 4.69) is 27.1 Å². The largest absolute Gasteiger partial charge is 0.337 e. The van der Waals surface area contributed by atoms with Gasteiger partial charge in [-0.05, 0) is 12.1 Å². The zero-order valence-corrected chi connectivity index (χ0v) is 11.4. The van der Waals surface area contributed by atoms with Gasteiger partial charge in [0.05, 0.1) is 11.0 Å². The fraction of sp³-hybridized carbons (Fsp3) is 0. The van der Waals surface area contributed by atoms with Crippen LogP contribution in [-0.2, 0) is 0 Å². The van der Waals surface area contributed by atoms with Crippen LogP contribution in [-0.4, -0.2) is 15.0 Å². The Morgan fingerprint density at radius 3 is 2.50 bits per heavy atom. The summed E-state index contributed by atoms with van der Waals surface area (Å²) in [5.41, 5.74) is 4.04. The number of fused-ring (bicyclic) bond motifs is 1. The molecule has 0 radical (unpaired) electrons. The zero-order valence-electron chi connectivity index (χ0n) is 10.6. The van der Waals surface area contributed by atoms with Crippen molar-refractivity contribution in [2.75, 3.05) is 0 Å². The van der Waals surface area contributed by atoms with E-state index >= 15 is 0 Å². The van der Waals surface area contributed by atoms with E-state index in [1.165, 1.54) is 0 Å². The van der Waals surface area contributed by atoms with Gasteiger partial charge in [0.15, 0.2) is 5.82 Å². The molecule has 4 heteroatoms. The number of H-pyrrole nitrogens is 1. The molecule has 20 heavy (non-hydrogen) atoms. The van der Waals surface area contributed by atoms with Crippen LogP contribution in [0.5, 0.6) is 0 Å². The molecular weight excluding hydrogens is 266 g/mol. The molecule has 0 saturated heterocycles. The van der Waals surface area contributed by atoms with Crippen molar-refractivity contribution in [3.63, 3.8) is 0 Å². The molecule has 0 amide bonds.